The van der Waals surface area contributed by atoms with Crippen molar-refractivity contribution in [3.05, 3.63) is 155 Å². The molecule has 0 radical (unpaired) electrons. The summed E-state index contributed by atoms with van der Waals surface area (Å²) in [6.07, 6.45) is 7.77. The van der Waals surface area contributed by atoms with E-state index in [9.17, 15) is 19.2 Å². The topological polar surface area (TPSA) is 124 Å². The number of fused-ring (bicyclic) bond motifs is 5. The Labute approximate surface area is 420 Å². The van der Waals surface area contributed by atoms with Crippen LogP contribution >= 0.6 is 0 Å². The minimum absolute atomic E-state index is 0.0241. The molecule has 71 heavy (non-hydrogen) atoms. The Kier molecular flexibility index (Phi) is 15.6. The number of rotatable bonds is 16. The molecule has 4 aliphatic carbocycles. The molecule has 3 saturated carbocycles. The van der Waals surface area contributed by atoms with Gasteiger partial charge in [0.25, 0.3) is 0 Å². The molecule has 4 fully saturated rings. The molecule has 0 N–H and O–H groups in total. The number of esters is 4. The van der Waals surface area contributed by atoms with E-state index in [1.165, 1.54) is 50.5 Å². The van der Waals surface area contributed by atoms with Crippen LogP contribution in [0.15, 0.2) is 133 Å². The second-order valence-corrected chi connectivity index (χ2v) is 22.0. The van der Waals surface area contributed by atoms with Crippen LogP contribution in [-0.4, -0.2) is 67.3 Å². The maximum atomic E-state index is 14.2. The molecule has 1 heterocycles. The van der Waals surface area contributed by atoms with E-state index in [1.807, 2.05) is 0 Å². The average Bonchev–Trinajstić information content (AvgIpc) is 3.75. The van der Waals surface area contributed by atoms with Crippen LogP contribution in [0.4, 0.5) is 0 Å². The molecule has 10 heteroatoms. The third-order valence-corrected chi connectivity index (χ3v) is 17.3. The van der Waals surface area contributed by atoms with Crippen molar-refractivity contribution in [1.29, 1.82) is 0 Å². The van der Waals surface area contributed by atoms with E-state index in [4.69, 9.17) is 28.4 Å². The predicted molar refractivity (Wildman–Crippen MR) is 270 cm³/mol. The Morgan fingerprint density at radius 3 is 1.70 bits per heavy atom. The predicted octanol–water partition coefficient (Wildman–Crippen LogP) is 12.7. The molecule has 0 aromatic heterocycles. The second kappa shape index (κ2) is 22.0. The summed E-state index contributed by atoms with van der Waals surface area (Å²) >= 11 is 0. The zero-order valence-electron chi connectivity index (χ0n) is 42.1. The molecule has 0 spiro atoms. The Balaban J connectivity index is 1.01. The summed E-state index contributed by atoms with van der Waals surface area (Å²) < 4.78 is 38.7. The summed E-state index contributed by atoms with van der Waals surface area (Å²) in [5.41, 5.74) is 2.83. The summed E-state index contributed by atoms with van der Waals surface area (Å²) in [7, 11) is 0. The van der Waals surface area contributed by atoms with E-state index in [1.54, 1.807) is 121 Å². The molecule has 0 bridgehead atoms. The van der Waals surface area contributed by atoms with Crippen molar-refractivity contribution >= 4 is 23.9 Å². The molecule has 1 saturated heterocycles. The number of hydrogen-bond donors (Lipinski definition) is 0. The fraction of sp³-hybridized carbons (Fsp3) is 0.508. The van der Waals surface area contributed by atoms with Gasteiger partial charge in [-0.2, -0.15) is 0 Å². The number of allylic oxidation sites excluding steroid dienone is 1. The first-order chi connectivity index (χ1) is 34.3. The molecule has 13 atom stereocenters. The van der Waals surface area contributed by atoms with Gasteiger partial charge in [-0.1, -0.05) is 138 Å². The normalized spacial score (nSPS) is 31.4. The molecular weight excluding hydrogens is 893 g/mol. The van der Waals surface area contributed by atoms with Crippen molar-refractivity contribution in [2.75, 3.05) is 6.61 Å². The van der Waals surface area contributed by atoms with Gasteiger partial charge in [0, 0.05) is 0 Å². The van der Waals surface area contributed by atoms with Crippen LogP contribution < -0.4 is 0 Å². The zero-order chi connectivity index (χ0) is 49.7. The minimum Gasteiger partial charge on any atom is -0.459 e. The Morgan fingerprint density at radius 2 is 1.14 bits per heavy atom. The molecule has 4 aromatic carbocycles. The van der Waals surface area contributed by atoms with Crippen molar-refractivity contribution in [3.8, 4) is 0 Å². The van der Waals surface area contributed by atoms with Crippen molar-refractivity contribution in [3.63, 3.8) is 0 Å². The molecule has 9 rings (SSSR count). The average molecular weight is 965 g/mol. The molecule has 1 aliphatic heterocycles. The van der Waals surface area contributed by atoms with Gasteiger partial charge in [0.1, 0.15) is 12.7 Å². The van der Waals surface area contributed by atoms with Gasteiger partial charge in [-0.25, -0.2) is 19.2 Å². The van der Waals surface area contributed by atoms with Crippen molar-refractivity contribution in [1.82, 2.24) is 0 Å². The van der Waals surface area contributed by atoms with Crippen LogP contribution in [0.25, 0.3) is 0 Å². The monoisotopic (exact) mass is 965 g/mol. The lowest BCUT2D eigenvalue weighted by molar-refractivity contribution is -0.310. The molecule has 376 valence electrons. The van der Waals surface area contributed by atoms with E-state index in [2.05, 4.69) is 40.7 Å². The quantitative estimate of drug-likeness (QED) is 0.0609. The van der Waals surface area contributed by atoms with E-state index >= 15 is 0 Å². The van der Waals surface area contributed by atoms with Crippen molar-refractivity contribution < 1.29 is 47.6 Å². The van der Waals surface area contributed by atoms with Gasteiger partial charge in [0.15, 0.2) is 24.6 Å². The van der Waals surface area contributed by atoms with Crippen molar-refractivity contribution in [2.24, 2.45) is 46.3 Å². The van der Waals surface area contributed by atoms with Gasteiger partial charge in [0.2, 0.25) is 0 Å². The molecule has 5 aliphatic rings. The molecular formula is C61H72O10. The first kappa shape index (κ1) is 50.4. The van der Waals surface area contributed by atoms with Gasteiger partial charge in [-0.15, -0.1) is 0 Å². The van der Waals surface area contributed by atoms with E-state index < -0.39 is 61.2 Å². The number of ether oxygens (including phenoxy) is 6. The highest BCUT2D eigenvalue weighted by molar-refractivity contribution is 5.91. The Morgan fingerprint density at radius 1 is 0.606 bits per heavy atom. The number of benzene rings is 4. The fourth-order valence-electron chi connectivity index (χ4n) is 13.6. The third kappa shape index (κ3) is 10.9. The zero-order valence-corrected chi connectivity index (χ0v) is 42.1. The van der Waals surface area contributed by atoms with E-state index in [0.29, 0.717) is 29.2 Å². The second-order valence-electron chi connectivity index (χ2n) is 22.0. The first-order valence-corrected chi connectivity index (χ1v) is 26.3. The van der Waals surface area contributed by atoms with Crippen LogP contribution in [-0.2, 0) is 28.4 Å². The van der Waals surface area contributed by atoms with E-state index in [0.717, 1.165) is 42.9 Å². The van der Waals surface area contributed by atoms with Crippen LogP contribution in [0.1, 0.15) is 147 Å². The van der Waals surface area contributed by atoms with Crippen molar-refractivity contribution in [2.45, 2.75) is 142 Å². The van der Waals surface area contributed by atoms with Gasteiger partial charge in [-0.05, 0) is 146 Å². The molecule has 0 amide bonds. The number of carbonyl (C=O) groups excluding carboxylic acids is 4. The lowest BCUT2D eigenvalue weighted by Crippen LogP contribution is -2.63. The fourth-order valence-corrected chi connectivity index (χ4v) is 13.6. The lowest BCUT2D eigenvalue weighted by atomic mass is 9.47. The summed E-state index contributed by atoms with van der Waals surface area (Å²) in [5, 5.41) is 0. The standard InChI is InChI=1S/C61H72O10/c1-39(2)19-18-20-40(3)48-31-32-49-47-30-29-45-37-46(33-35-60(45,4)50(47)34-36-61(48,49)5)67-59-54(71-58(65)44-27-16-9-17-28-44)53(70-57(64)43-25-14-8-15-26-43)52(69-56(63)42-23-12-7-13-24-42)51(68-59)38-66-55(62)41-21-10-6-11-22-41/h6-17,21-29,39-40,46-54,59H,18-20,30-38H2,1-5H3/t40-,46+,47+,48-,49+,50+,51-,52-,53+,54-,59-,60+,61-/m1/s1. The van der Waals surface area contributed by atoms with Gasteiger partial charge < -0.3 is 28.4 Å². The lowest BCUT2D eigenvalue weighted by Gasteiger charge is -2.58. The van der Waals surface area contributed by atoms with Crippen LogP contribution in [0.3, 0.4) is 0 Å². The largest absolute Gasteiger partial charge is 0.459 e. The van der Waals surface area contributed by atoms with Crippen LogP contribution in [0.5, 0.6) is 0 Å². The maximum Gasteiger partial charge on any atom is 0.338 e. The highest BCUT2D eigenvalue weighted by Gasteiger charge is 2.60. The number of hydrogen-bond acceptors (Lipinski definition) is 10. The summed E-state index contributed by atoms with van der Waals surface area (Å²) in [4.78, 5) is 56.0. The number of carbonyl (C=O) groups is 4. The molecule has 4 aromatic rings. The third-order valence-electron chi connectivity index (χ3n) is 17.3. The molecule has 0 unspecified atom stereocenters. The maximum absolute atomic E-state index is 14.2. The van der Waals surface area contributed by atoms with Gasteiger partial charge >= 0.3 is 23.9 Å². The van der Waals surface area contributed by atoms with Gasteiger partial charge in [-0.3, -0.25) is 0 Å². The molecule has 10 nitrogen and oxygen atoms in total. The summed E-state index contributed by atoms with van der Waals surface area (Å²) in [6, 6.07) is 33.9. The Bertz CT molecular complexity index is 2480. The highest BCUT2D eigenvalue weighted by Crippen LogP contribution is 2.67. The first-order valence-electron chi connectivity index (χ1n) is 26.3. The summed E-state index contributed by atoms with van der Waals surface area (Å²) in [5.74, 6) is 1.43. The minimum atomic E-state index is -1.48. The smallest absolute Gasteiger partial charge is 0.338 e. The summed E-state index contributed by atoms with van der Waals surface area (Å²) in [6.45, 7) is 11.9. The Hall–Kier alpha value is -5.58. The van der Waals surface area contributed by atoms with Crippen LogP contribution in [0.2, 0.25) is 0 Å². The SMILES string of the molecule is CC(C)CCC[C@@H](C)[C@H]1CC[C@H]2[C@@H]3CC=C4C[C@@H](O[C@@H]5O[C@H](COC(=O)c6ccccc6)[C@@H](OC(=O)c6ccccc6)[C@H](OC(=O)c6ccccc6)[C@H]5OC(=O)c5ccccc5)CC[C@]4(C)[C@H]3CC[C@]12C. The van der Waals surface area contributed by atoms with Crippen LogP contribution in [0, 0.1) is 46.3 Å². The van der Waals surface area contributed by atoms with E-state index in [-0.39, 0.29) is 28.2 Å². The van der Waals surface area contributed by atoms with Gasteiger partial charge in [0.05, 0.1) is 28.4 Å². The highest BCUT2D eigenvalue weighted by atomic mass is 16.7.